The molecule has 0 aliphatic heterocycles. The van der Waals surface area contributed by atoms with Crippen molar-refractivity contribution in [1.29, 1.82) is 0 Å². The maximum Gasteiger partial charge on any atom is 0.136 e. The van der Waals surface area contributed by atoms with Gasteiger partial charge < -0.3 is 13.9 Å². The fourth-order valence-electron chi connectivity index (χ4n) is 9.43. The number of para-hydroxylation sites is 5. The molecule has 10 aromatic carbocycles. The molecule has 2 heterocycles. The van der Waals surface area contributed by atoms with Crippen LogP contribution in [0.4, 0.5) is 17.1 Å². The summed E-state index contributed by atoms with van der Waals surface area (Å²) in [6.07, 6.45) is 0. The number of hydrogen-bond acceptors (Lipinski definition) is 2. The minimum atomic E-state index is 0.881. The monoisotopic (exact) mass is 804 g/mol. The molecule has 0 saturated carbocycles. The molecular formula is C60H40N2O. The Morgan fingerprint density at radius 3 is 1.48 bits per heavy atom. The Bertz CT molecular complexity index is 3560. The highest BCUT2D eigenvalue weighted by atomic mass is 16.3. The topological polar surface area (TPSA) is 21.3 Å². The second-order valence-corrected chi connectivity index (χ2v) is 16.1. The fourth-order valence-corrected chi connectivity index (χ4v) is 9.43. The summed E-state index contributed by atoms with van der Waals surface area (Å²) in [5, 5.41) is 4.78. The molecule has 3 heteroatoms. The average Bonchev–Trinajstić information content (AvgIpc) is 3.91. The lowest BCUT2D eigenvalue weighted by Crippen LogP contribution is -2.12. The van der Waals surface area contributed by atoms with Gasteiger partial charge in [-0.3, -0.25) is 0 Å². The van der Waals surface area contributed by atoms with E-state index in [1.165, 1.54) is 38.5 Å². The van der Waals surface area contributed by atoms with Crippen LogP contribution >= 0.6 is 0 Å². The van der Waals surface area contributed by atoms with Crippen LogP contribution in [0.1, 0.15) is 0 Å². The first-order valence-electron chi connectivity index (χ1n) is 21.5. The molecule has 0 atom stereocenters. The van der Waals surface area contributed by atoms with Gasteiger partial charge in [0.1, 0.15) is 11.2 Å². The standard InChI is InChI=1S/C60H40N2O/c1-2-15-44(16-3-1)49-19-4-9-24-55(49)61(56-25-10-5-20-50(56)46-35-38-54-53-23-8-13-28-59(53)63-60(54)40-46)47-36-33-42(34-37-47)41-29-31-43(32-30-41)45-17-14-18-48(39-45)62-57-26-11-6-21-51(57)52-22-7-12-27-58(52)62/h1-40H. The molecule has 0 fully saturated rings. The van der Waals surface area contributed by atoms with E-state index in [-0.39, 0.29) is 0 Å². The van der Waals surface area contributed by atoms with Crippen molar-refractivity contribution in [2.75, 3.05) is 4.90 Å². The first kappa shape index (κ1) is 36.5. The van der Waals surface area contributed by atoms with E-state index >= 15 is 0 Å². The van der Waals surface area contributed by atoms with E-state index < -0.39 is 0 Å². The molecule has 0 aliphatic rings. The lowest BCUT2D eigenvalue weighted by atomic mass is 9.97. The van der Waals surface area contributed by atoms with Gasteiger partial charge in [-0.25, -0.2) is 0 Å². The van der Waals surface area contributed by atoms with Gasteiger partial charge in [0.15, 0.2) is 0 Å². The molecule has 0 unspecified atom stereocenters. The van der Waals surface area contributed by atoms with Gasteiger partial charge in [0.25, 0.3) is 0 Å². The second kappa shape index (κ2) is 15.3. The molecule has 0 spiro atoms. The summed E-state index contributed by atoms with van der Waals surface area (Å²) in [6, 6.07) is 87.1. The maximum atomic E-state index is 6.38. The van der Waals surface area contributed by atoms with E-state index in [9.17, 15) is 0 Å². The molecule has 0 bridgehead atoms. The van der Waals surface area contributed by atoms with Gasteiger partial charge in [0, 0.05) is 44.0 Å². The lowest BCUT2D eigenvalue weighted by Gasteiger charge is -2.30. The van der Waals surface area contributed by atoms with E-state index in [0.29, 0.717) is 0 Å². The summed E-state index contributed by atoms with van der Waals surface area (Å²) in [5.74, 6) is 0. The first-order valence-corrected chi connectivity index (χ1v) is 21.5. The van der Waals surface area contributed by atoms with E-state index in [4.69, 9.17) is 4.42 Å². The van der Waals surface area contributed by atoms with Crippen LogP contribution in [-0.2, 0) is 0 Å². The van der Waals surface area contributed by atoms with Crippen LogP contribution in [0.25, 0.3) is 93.9 Å². The average molecular weight is 805 g/mol. The minimum Gasteiger partial charge on any atom is -0.456 e. The van der Waals surface area contributed by atoms with Crippen molar-refractivity contribution >= 4 is 60.8 Å². The quantitative estimate of drug-likeness (QED) is 0.153. The van der Waals surface area contributed by atoms with Gasteiger partial charge in [-0.15, -0.1) is 0 Å². The number of nitrogens with zero attached hydrogens (tertiary/aromatic N) is 2. The highest BCUT2D eigenvalue weighted by Gasteiger charge is 2.21. The van der Waals surface area contributed by atoms with Crippen molar-refractivity contribution in [3.63, 3.8) is 0 Å². The van der Waals surface area contributed by atoms with Crippen LogP contribution in [0.5, 0.6) is 0 Å². The van der Waals surface area contributed by atoms with Gasteiger partial charge in [0.2, 0.25) is 0 Å². The Morgan fingerprint density at radius 2 is 0.794 bits per heavy atom. The summed E-state index contributed by atoms with van der Waals surface area (Å²) in [4.78, 5) is 2.40. The van der Waals surface area contributed by atoms with Gasteiger partial charge in [-0.1, -0.05) is 176 Å². The van der Waals surface area contributed by atoms with Crippen LogP contribution in [0.15, 0.2) is 247 Å². The Labute approximate surface area is 366 Å². The van der Waals surface area contributed by atoms with Gasteiger partial charge in [-0.05, 0) is 100 Å². The van der Waals surface area contributed by atoms with Crippen molar-refractivity contribution in [3.05, 3.63) is 243 Å². The van der Waals surface area contributed by atoms with Gasteiger partial charge in [-0.2, -0.15) is 0 Å². The highest BCUT2D eigenvalue weighted by Crippen LogP contribution is 2.46. The molecule has 3 nitrogen and oxygen atoms in total. The molecular weight excluding hydrogens is 765 g/mol. The number of hydrogen-bond donors (Lipinski definition) is 0. The number of aromatic nitrogens is 1. The van der Waals surface area contributed by atoms with Crippen molar-refractivity contribution in [2.45, 2.75) is 0 Å². The minimum absolute atomic E-state index is 0.881. The third kappa shape index (κ3) is 6.38. The normalized spacial score (nSPS) is 11.5. The summed E-state index contributed by atoms with van der Waals surface area (Å²) < 4.78 is 8.76. The largest absolute Gasteiger partial charge is 0.456 e. The summed E-state index contributed by atoms with van der Waals surface area (Å²) >= 11 is 0. The molecule has 63 heavy (non-hydrogen) atoms. The van der Waals surface area contributed by atoms with Gasteiger partial charge in [0.05, 0.1) is 22.4 Å². The predicted molar refractivity (Wildman–Crippen MR) is 264 cm³/mol. The number of fused-ring (bicyclic) bond motifs is 6. The Balaban J connectivity index is 0.917. The molecule has 0 radical (unpaired) electrons. The van der Waals surface area contributed by atoms with Crippen LogP contribution in [0, 0.1) is 0 Å². The van der Waals surface area contributed by atoms with E-state index in [0.717, 1.165) is 72.5 Å². The number of benzene rings is 10. The molecule has 2 aromatic heterocycles. The van der Waals surface area contributed by atoms with Crippen molar-refractivity contribution < 1.29 is 4.42 Å². The lowest BCUT2D eigenvalue weighted by molar-refractivity contribution is 0.669. The van der Waals surface area contributed by atoms with Gasteiger partial charge >= 0.3 is 0 Å². The molecule has 0 saturated heterocycles. The molecule has 0 amide bonds. The van der Waals surface area contributed by atoms with Crippen LogP contribution < -0.4 is 4.90 Å². The van der Waals surface area contributed by atoms with Crippen molar-refractivity contribution in [1.82, 2.24) is 4.57 Å². The summed E-state index contributed by atoms with van der Waals surface area (Å²) in [5.41, 5.74) is 17.8. The zero-order valence-electron chi connectivity index (χ0n) is 34.4. The first-order chi connectivity index (χ1) is 31.2. The smallest absolute Gasteiger partial charge is 0.136 e. The van der Waals surface area contributed by atoms with E-state index in [2.05, 4.69) is 240 Å². The number of rotatable bonds is 8. The Kier molecular flexibility index (Phi) is 8.83. The molecule has 12 aromatic rings. The molecule has 296 valence electrons. The molecule has 0 N–H and O–H groups in total. The third-order valence-corrected chi connectivity index (χ3v) is 12.4. The zero-order valence-corrected chi connectivity index (χ0v) is 34.4. The van der Waals surface area contributed by atoms with Crippen LogP contribution in [0.3, 0.4) is 0 Å². The molecule has 0 aliphatic carbocycles. The second-order valence-electron chi connectivity index (χ2n) is 16.1. The summed E-state index contributed by atoms with van der Waals surface area (Å²) in [6.45, 7) is 0. The fraction of sp³-hybridized carbons (Fsp3) is 0. The van der Waals surface area contributed by atoms with E-state index in [1.807, 2.05) is 12.1 Å². The van der Waals surface area contributed by atoms with Crippen LogP contribution in [-0.4, -0.2) is 4.57 Å². The maximum absolute atomic E-state index is 6.38. The number of anilines is 3. The van der Waals surface area contributed by atoms with E-state index in [1.54, 1.807) is 0 Å². The predicted octanol–water partition coefficient (Wildman–Crippen LogP) is 16.8. The number of furan rings is 1. The Morgan fingerprint density at radius 1 is 0.302 bits per heavy atom. The Hall–Kier alpha value is -8.40. The third-order valence-electron chi connectivity index (χ3n) is 12.4. The summed E-state index contributed by atoms with van der Waals surface area (Å²) in [7, 11) is 0. The highest BCUT2D eigenvalue weighted by molar-refractivity contribution is 6.09. The van der Waals surface area contributed by atoms with Crippen molar-refractivity contribution in [3.8, 4) is 50.2 Å². The zero-order chi connectivity index (χ0) is 41.7. The molecule has 12 rings (SSSR count). The van der Waals surface area contributed by atoms with Crippen molar-refractivity contribution in [2.24, 2.45) is 0 Å². The van der Waals surface area contributed by atoms with Crippen LogP contribution in [0.2, 0.25) is 0 Å². The SMILES string of the molecule is c1ccc(-c2ccccc2N(c2ccc(-c3ccc(-c4cccc(-n5c6ccccc6c6ccccc65)c4)cc3)cc2)c2ccccc2-c2ccc3c(c2)oc2ccccc23)cc1.